The molecule has 3 aliphatic rings. The maximum absolute atomic E-state index is 12.6. The summed E-state index contributed by atoms with van der Waals surface area (Å²) in [7, 11) is 0. The minimum absolute atomic E-state index is 0. The Balaban J connectivity index is 0.00000140. The summed E-state index contributed by atoms with van der Waals surface area (Å²) in [6.45, 7) is 5.42. The SMILES string of the molecule is Cl.Cl.Cl.O=C([C@@H]1C[C@H](N2CCN(c3c(Cl)cncc3Cl)CC2)CN1)N1CCSC1. The molecule has 3 aliphatic heterocycles. The molecule has 166 valence electrons. The standard InChI is InChI=1S/C17H23Cl2N5OS.3ClH/c18-13-9-20-10-14(19)16(13)23-3-1-22(2-4-23)12-7-15(21-8-12)17(25)24-5-6-26-11-24;;;/h9-10,12,15,21H,1-8,11H2;3*1H/t12-,15-;;;/m0.../s1. The highest BCUT2D eigenvalue weighted by atomic mass is 35.5. The third-order valence-corrected chi connectivity index (χ3v) is 6.96. The van der Waals surface area contributed by atoms with Crippen LogP contribution in [0, 0.1) is 0 Å². The Labute approximate surface area is 204 Å². The average molecular weight is 526 g/mol. The van der Waals surface area contributed by atoms with Crippen LogP contribution in [0.15, 0.2) is 12.4 Å². The van der Waals surface area contributed by atoms with Gasteiger partial charge in [0.15, 0.2) is 0 Å². The summed E-state index contributed by atoms with van der Waals surface area (Å²) in [5, 5.41) is 4.63. The predicted molar refractivity (Wildman–Crippen MR) is 129 cm³/mol. The Morgan fingerprint density at radius 3 is 2.31 bits per heavy atom. The van der Waals surface area contributed by atoms with Gasteiger partial charge < -0.3 is 15.1 Å². The number of anilines is 1. The van der Waals surface area contributed by atoms with Crippen LogP contribution in [0.5, 0.6) is 0 Å². The van der Waals surface area contributed by atoms with E-state index in [0.29, 0.717) is 16.1 Å². The molecule has 0 bridgehead atoms. The van der Waals surface area contributed by atoms with Crippen LogP contribution in [0.3, 0.4) is 0 Å². The first-order chi connectivity index (χ1) is 12.6. The molecule has 4 heterocycles. The Hall–Kier alpha value is 0.140. The number of piperazine rings is 1. The van der Waals surface area contributed by atoms with E-state index in [2.05, 4.69) is 20.1 Å². The van der Waals surface area contributed by atoms with Crippen LogP contribution in [-0.4, -0.2) is 83.7 Å². The van der Waals surface area contributed by atoms with Gasteiger partial charge in [-0.2, -0.15) is 0 Å². The zero-order chi connectivity index (χ0) is 18.1. The molecule has 1 aromatic rings. The number of hydrogen-bond acceptors (Lipinski definition) is 6. The van der Waals surface area contributed by atoms with Gasteiger partial charge in [-0.1, -0.05) is 23.2 Å². The Bertz CT molecular complexity index is 653. The zero-order valence-corrected chi connectivity index (χ0v) is 20.5. The maximum Gasteiger partial charge on any atom is 0.240 e. The largest absolute Gasteiger partial charge is 0.366 e. The number of carbonyl (C=O) groups is 1. The third kappa shape index (κ3) is 6.10. The monoisotopic (exact) mass is 523 g/mol. The molecule has 0 saturated carbocycles. The van der Waals surface area contributed by atoms with Crippen molar-refractivity contribution in [2.75, 3.05) is 55.8 Å². The summed E-state index contributed by atoms with van der Waals surface area (Å²) in [6, 6.07) is 0.394. The first-order valence-corrected chi connectivity index (χ1v) is 10.9. The number of nitrogens with one attached hydrogen (secondary N) is 1. The molecular formula is C17H26Cl5N5OS. The summed E-state index contributed by atoms with van der Waals surface area (Å²) < 4.78 is 0. The lowest BCUT2D eigenvalue weighted by atomic mass is 10.1. The number of carbonyl (C=O) groups excluding carboxylic acids is 1. The van der Waals surface area contributed by atoms with Crippen molar-refractivity contribution in [1.82, 2.24) is 20.1 Å². The molecule has 6 nitrogen and oxygen atoms in total. The van der Waals surface area contributed by atoms with Crippen molar-refractivity contribution in [3.63, 3.8) is 0 Å². The van der Waals surface area contributed by atoms with Crippen LogP contribution in [0.2, 0.25) is 10.0 Å². The molecule has 1 aromatic heterocycles. The van der Waals surface area contributed by atoms with Gasteiger partial charge in [-0.3, -0.25) is 14.7 Å². The van der Waals surface area contributed by atoms with E-state index in [1.807, 2.05) is 16.7 Å². The lowest BCUT2D eigenvalue weighted by Crippen LogP contribution is -2.51. The van der Waals surface area contributed by atoms with Crippen LogP contribution >= 0.6 is 72.2 Å². The molecule has 29 heavy (non-hydrogen) atoms. The second-order valence-electron chi connectivity index (χ2n) is 6.96. The molecule has 0 aliphatic carbocycles. The smallest absolute Gasteiger partial charge is 0.240 e. The summed E-state index contributed by atoms with van der Waals surface area (Å²) >= 11 is 14.4. The van der Waals surface area contributed by atoms with E-state index in [1.165, 1.54) is 0 Å². The molecule has 12 heteroatoms. The first-order valence-electron chi connectivity index (χ1n) is 9.01. The van der Waals surface area contributed by atoms with Gasteiger partial charge in [0, 0.05) is 63.5 Å². The highest BCUT2D eigenvalue weighted by Gasteiger charge is 2.36. The molecule has 4 rings (SSSR count). The third-order valence-electron chi connectivity index (χ3n) is 5.45. The van der Waals surface area contributed by atoms with Gasteiger partial charge in [0.1, 0.15) is 0 Å². The van der Waals surface area contributed by atoms with Crippen molar-refractivity contribution in [3.8, 4) is 0 Å². The van der Waals surface area contributed by atoms with Gasteiger partial charge >= 0.3 is 0 Å². The van der Waals surface area contributed by atoms with Crippen LogP contribution in [0.4, 0.5) is 5.69 Å². The minimum atomic E-state index is -0.0270. The number of rotatable bonds is 3. The molecule has 0 aromatic carbocycles. The molecule has 3 saturated heterocycles. The van der Waals surface area contributed by atoms with E-state index in [1.54, 1.807) is 12.4 Å². The van der Waals surface area contributed by atoms with E-state index in [-0.39, 0.29) is 49.2 Å². The Morgan fingerprint density at radius 1 is 1.07 bits per heavy atom. The average Bonchev–Trinajstić information content (AvgIpc) is 3.34. The van der Waals surface area contributed by atoms with Crippen LogP contribution in [0.1, 0.15) is 6.42 Å². The lowest BCUT2D eigenvalue weighted by Gasteiger charge is -2.39. The normalized spacial score (nSPS) is 24.5. The molecule has 3 fully saturated rings. The van der Waals surface area contributed by atoms with Crippen LogP contribution in [-0.2, 0) is 4.79 Å². The minimum Gasteiger partial charge on any atom is -0.366 e. The highest BCUT2D eigenvalue weighted by molar-refractivity contribution is 7.99. The fourth-order valence-corrected chi connectivity index (χ4v) is 5.57. The van der Waals surface area contributed by atoms with Gasteiger partial charge in [-0.25, -0.2) is 0 Å². The van der Waals surface area contributed by atoms with Crippen molar-refractivity contribution >= 4 is 83.8 Å². The first kappa shape index (κ1) is 27.2. The molecule has 0 radical (unpaired) electrons. The molecule has 0 unspecified atom stereocenters. The maximum atomic E-state index is 12.6. The number of halogens is 5. The topological polar surface area (TPSA) is 51.7 Å². The number of thioether (sulfide) groups is 1. The number of pyridine rings is 1. The summed E-state index contributed by atoms with van der Waals surface area (Å²) in [4.78, 5) is 23.3. The fraction of sp³-hybridized carbons (Fsp3) is 0.647. The molecule has 1 N–H and O–H groups in total. The predicted octanol–water partition coefficient (Wildman–Crippen LogP) is 3.04. The molecule has 1 amide bonds. The van der Waals surface area contributed by atoms with E-state index in [0.717, 1.165) is 63.0 Å². The van der Waals surface area contributed by atoms with Crippen molar-refractivity contribution in [2.45, 2.75) is 18.5 Å². The van der Waals surface area contributed by atoms with Gasteiger partial charge in [0.05, 0.1) is 27.7 Å². The fourth-order valence-electron chi connectivity index (χ4n) is 4.01. The highest BCUT2D eigenvalue weighted by Crippen LogP contribution is 2.33. The summed E-state index contributed by atoms with van der Waals surface area (Å²) in [6.07, 6.45) is 4.18. The van der Waals surface area contributed by atoms with E-state index in [9.17, 15) is 4.79 Å². The van der Waals surface area contributed by atoms with Crippen LogP contribution in [0.25, 0.3) is 0 Å². The Kier molecular flexibility index (Phi) is 11.5. The summed E-state index contributed by atoms with van der Waals surface area (Å²) in [5.74, 6) is 2.17. The van der Waals surface area contributed by atoms with Crippen molar-refractivity contribution in [3.05, 3.63) is 22.4 Å². The Morgan fingerprint density at radius 2 is 1.72 bits per heavy atom. The van der Waals surface area contributed by atoms with E-state index < -0.39 is 0 Å². The van der Waals surface area contributed by atoms with Crippen molar-refractivity contribution in [1.29, 1.82) is 0 Å². The molecule has 2 atom stereocenters. The number of hydrogen-bond donors (Lipinski definition) is 1. The van der Waals surface area contributed by atoms with Gasteiger partial charge in [0.25, 0.3) is 0 Å². The van der Waals surface area contributed by atoms with E-state index >= 15 is 0 Å². The van der Waals surface area contributed by atoms with Gasteiger partial charge in [0.2, 0.25) is 5.91 Å². The van der Waals surface area contributed by atoms with Gasteiger partial charge in [-0.15, -0.1) is 49.0 Å². The van der Waals surface area contributed by atoms with Crippen LogP contribution < -0.4 is 10.2 Å². The second kappa shape index (κ2) is 12.2. The number of aromatic nitrogens is 1. The number of nitrogens with zero attached hydrogens (tertiary/aromatic N) is 4. The van der Waals surface area contributed by atoms with Crippen molar-refractivity contribution < 1.29 is 4.79 Å². The number of amides is 1. The van der Waals surface area contributed by atoms with E-state index in [4.69, 9.17) is 23.2 Å². The lowest BCUT2D eigenvalue weighted by molar-refractivity contribution is -0.131. The molecule has 0 spiro atoms. The zero-order valence-electron chi connectivity index (χ0n) is 15.8. The van der Waals surface area contributed by atoms with Gasteiger partial charge in [-0.05, 0) is 6.42 Å². The van der Waals surface area contributed by atoms with Crippen molar-refractivity contribution in [2.24, 2.45) is 0 Å². The summed E-state index contributed by atoms with van der Waals surface area (Å²) in [5.41, 5.74) is 0.882. The molecular weight excluding hydrogens is 500 g/mol. The quantitative estimate of drug-likeness (QED) is 0.655. The second-order valence-corrected chi connectivity index (χ2v) is 8.85.